The molecule has 132 valence electrons. The number of aryl methyl sites for hydroxylation is 3. The molecule has 25 heavy (non-hydrogen) atoms. The molecule has 5 heteroatoms. The minimum absolute atomic E-state index is 0.0955. The Morgan fingerprint density at radius 2 is 1.76 bits per heavy atom. The van der Waals surface area contributed by atoms with Gasteiger partial charge < -0.3 is 19.9 Å². The van der Waals surface area contributed by atoms with Crippen LogP contribution in [0.2, 0.25) is 0 Å². The van der Waals surface area contributed by atoms with Gasteiger partial charge in [-0.2, -0.15) is 0 Å². The Labute approximate surface area is 147 Å². The van der Waals surface area contributed by atoms with Crippen molar-refractivity contribution >= 4 is 5.91 Å². The van der Waals surface area contributed by atoms with E-state index in [0.29, 0.717) is 22.6 Å². The van der Waals surface area contributed by atoms with Crippen LogP contribution >= 0.6 is 0 Å². The average molecular weight is 341 g/mol. The van der Waals surface area contributed by atoms with Gasteiger partial charge >= 0.3 is 0 Å². The molecule has 2 aromatic rings. The van der Waals surface area contributed by atoms with Crippen molar-refractivity contribution in [1.29, 1.82) is 0 Å². The zero-order valence-electron chi connectivity index (χ0n) is 15.0. The smallest absolute Gasteiger partial charge is 0.251 e. The normalized spacial score (nSPS) is 14.9. The number of carbonyl (C=O) groups excluding carboxylic acids is 1. The van der Waals surface area contributed by atoms with Crippen molar-refractivity contribution in [2.24, 2.45) is 0 Å². The van der Waals surface area contributed by atoms with Crippen molar-refractivity contribution in [2.45, 2.75) is 33.3 Å². The van der Waals surface area contributed by atoms with E-state index in [-0.39, 0.29) is 19.2 Å². The fourth-order valence-corrected chi connectivity index (χ4v) is 3.21. The number of benzene rings is 2. The first kappa shape index (κ1) is 17.3. The molecule has 2 N–H and O–H groups in total. The molecule has 0 saturated heterocycles. The van der Waals surface area contributed by atoms with E-state index in [1.54, 1.807) is 25.1 Å². The van der Waals surface area contributed by atoms with Gasteiger partial charge in [-0.25, -0.2) is 0 Å². The maximum atomic E-state index is 12.6. The van der Waals surface area contributed by atoms with E-state index in [0.717, 1.165) is 16.7 Å². The summed E-state index contributed by atoms with van der Waals surface area (Å²) in [4.78, 5) is 12.6. The predicted octanol–water partition coefficient (Wildman–Crippen LogP) is 2.98. The number of amides is 1. The number of rotatable bonds is 4. The lowest BCUT2D eigenvalue weighted by molar-refractivity contribution is 0.0524. The van der Waals surface area contributed by atoms with Gasteiger partial charge in [0.1, 0.15) is 5.60 Å². The van der Waals surface area contributed by atoms with Gasteiger partial charge in [0, 0.05) is 5.56 Å². The molecule has 1 aliphatic rings. The topological polar surface area (TPSA) is 67.8 Å². The van der Waals surface area contributed by atoms with Crippen LogP contribution in [-0.2, 0) is 5.60 Å². The van der Waals surface area contributed by atoms with E-state index >= 15 is 0 Å². The monoisotopic (exact) mass is 341 g/mol. The molecule has 5 nitrogen and oxygen atoms in total. The van der Waals surface area contributed by atoms with E-state index in [9.17, 15) is 9.90 Å². The molecule has 1 unspecified atom stereocenters. The van der Waals surface area contributed by atoms with Crippen LogP contribution in [-0.4, -0.2) is 24.4 Å². The van der Waals surface area contributed by atoms with Crippen LogP contribution in [0.1, 0.15) is 39.5 Å². The quantitative estimate of drug-likeness (QED) is 0.897. The van der Waals surface area contributed by atoms with Crippen molar-refractivity contribution < 1.29 is 19.4 Å². The summed E-state index contributed by atoms with van der Waals surface area (Å²) in [5.74, 6) is 1.08. The van der Waals surface area contributed by atoms with E-state index < -0.39 is 5.60 Å². The first-order valence-corrected chi connectivity index (χ1v) is 8.26. The van der Waals surface area contributed by atoms with Crippen molar-refractivity contribution in [2.75, 3.05) is 13.3 Å². The predicted molar refractivity (Wildman–Crippen MR) is 95.1 cm³/mol. The zero-order valence-corrected chi connectivity index (χ0v) is 15.0. The molecule has 2 aromatic carbocycles. The van der Waals surface area contributed by atoms with Crippen molar-refractivity contribution in [3.05, 3.63) is 58.1 Å². The number of ether oxygens (including phenoxy) is 2. The Bertz CT molecular complexity index is 803. The van der Waals surface area contributed by atoms with Gasteiger partial charge in [-0.05, 0) is 56.5 Å². The summed E-state index contributed by atoms with van der Waals surface area (Å²) in [5.41, 5.74) is 3.08. The first-order valence-electron chi connectivity index (χ1n) is 8.26. The van der Waals surface area contributed by atoms with E-state index in [1.165, 1.54) is 0 Å². The van der Waals surface area contributed by atoms with Gasteiger partial charge in [0.15, 0.2) is 11.5 Å². The zero-order chi connectivity index (χ0) is 18.2. The number of hydrogen-bond acceptors (Lipinski definition) is 4. The second-order valence-corrected chi connectivity index (χ2v) is 6.80. The summed E-state index contributed by atoms with van der Waals surface area (Å²) in [5, 5.41) is 13.6. The fourth-order valence-electron chi connectivity index (χ4n) is 3.21. The van der Waals surface area contributed by atoms with Crippen molar-refractivity contribution in [1.82, 2.24) is 5.32 Å². The highest BCUT2D eigenvalue weighted by atomic mass is 16.7. The summed E-state index contributed by atoms with van der Waals surface area (Å²) in [6.07, 6.45) is 0. The molecule has 0 aromatic heterocycles. The Hall–Kier alpha value is -2.53. The molecular formula is C20H23NO4. The number of aliphatic hydroxyl groups is 1. The minimum Gasteiger partial charge on any atom is -0.454 e. The second kappa shape index (κ2) is 6.41. The molecule has 0 radical (unpaired) electrons. The summed E-state index contributed by atoms with van der Waals surface area (Å²) in [7, 11) is 0. The molecule has 0 saturated carbocycles. The summed E-state index contributed by atoms with van der Waals surface area (Å²) >= 11 is 0. The maximum absolute atomic E-state index is 12.6. The Morgan fingerprint density at radius 1 is 1.12 bits per heavy atom. The van der Waals surface area contributed by atoms with Crippen LogP contribution in [0.15, 0.2) is 30.3 Å². The lowest BCUT2D eigenvalue weighted by atomic mass is 9.94. The fraction of sp³-hybridized carbons (Fsp3) is 0.350. The summed E-state index contributed by atoms with van der Waals surface area (Å²) < 4.78 is 10.6. The van der Waals surface area contributed by atoms with Crippen LogP contribution < -0.4 is 14.8 Å². The first-order chi connectivity index (χ1) is 11.8. The Balaban J connectivity index is 1.75. The van der Waals surface area contributed by atoms with E-state index in [2.05, 4.69) is 5.32 Å². The van der Waals surface area contributed by atoms with Crippen molar-refractivity contribution in [3.8, 4) is 11.5 Å². The number of fused-ring (bicyclic) bond motifs is 1. The molecule has 3 rings (SSSR count). The molecule has 0 bridgehead atoms. The third kappa shape index (κ3) is 3.46. The van der Waals surface area contributed by atoms with Crippen LogP contribution in [0, 0.1) is 20.8 Å². The number of hydrogen-bond donors (Lipinski definition) is 2. The van der Waals surface area contributed by atoms with Gasteiger partial charge in [0.2, 0.25) is 6.79 Å². The molecule has 1 heterocycles. The van der Waals surface area contributed by atoms with E-state index in [1.807, 2.05) is 32.9 Å². The van der Waals surface area contributed by atoms with Crippen LogP contribution in [0.5, 0.6) is 11.5 Å². The number of carbonyl (C=O) groups is 1. The standard InChI is InChI=1S/C20H23NO4/c1-12-7-13(2)18(14(3)8-12)19(22)21-10-20(4,23)15-5-6-16-17(9-15)25-11-24-16/h5-9,23H,10-11H2,1-4H3,(H,21,22). The molecule has 1 aliphatic heterocycles. The molecule has 0 spiro atoms. The molecular weight excluding hydrogens is 318 g/mol. The largest absolute Gasteiger partial charge is 0.454 e. The van der Waals surface area contributed by atoms with Gasteiger partial charge in [0.25, 0.3) is 5.91 Å². The van der Waals surface area contributed by atoms with Crippen LogP contribution in [0.25, 0.3) is 0 Å². The Kier molecular flexibility index (Phi) is 4.43. The molecule has 1 atom stereocenters. The highest BCUT2D eigenvalue weighted by Gasteiger charge is 2.27. The second-order valence-electron chi connectivity index (χ2n) is 6.80. The van der Waals surface area contributed by atoms with E-state index in [4.69, 9.17) is 9.47 Å². The lowest BCUT2D eigenvalue weighted by Crippen LogP contribution is -2.39. The highest BCUT2D eigenvalue weighted by molar-refractivity contribution is 5.97. The highest BCUT2D eigenvalue weighted by Crippen LogP contribution is 2.35. The third-order valence-corrected chi connectivity index (χ3v) is 4.49. The lowest BCUT2D eigenvalue weighted by Gasteiger charge is -2.25. The van der Waals surface area contributed by atoms with Gasteiger partial charge in [-0.1, -0.05) is 23.8 Å². The van der Waals surface area contributed by atoms with Crippen LogP contribution in [0.4, 0.5) is 0 Å². The van der Waals surface area contributed by atoms with Crippen LogP contribution in [0.3, 0.4) is 0 Å². The average Bonchev–Trinajstić information content (AvgIpc) is 2.99. The number of nitrogens with one attached hydrogen (secondary N) is 1. The van der Waals surface area contributed by atoms with Gasteiger partial charge in [-0.15, -0.1) is 0 Å². The van der Waals surface area contributed by atoms with Crippen molar-refractivity contribution in [3.63, 3.8) is 0 Å². The Morgan fingerprint density at radius 3 is 2.44 bits per heavy atom. The van der Waals surface area contributed by atoms with Gasteiger partial charge in [0.05, 0.1) is 6.54 Å². The molecule has 0 fully saturated rings. The maximum Gasteiger partial charge on any atom is 0.251 e. The third-order valence-electron chi connectivity index (χ3n) is 4.49. The summed E-state index contributed by atoms with van der Waals surface area (Å²) in [6, 6.07) is 9.26. The molecule has 1 amide bonds. The summed E-state index contributed by atoms with van der Waals surface area (Å²) in [6.45, 7) is 7.80. The minimum atomic E-state index is -1.22. The SMILES string of the molecule is Cc1cc(C)c(C(=O)NCC(C)(O)c2ccc3c(c2)OCO3)c(C)c1. The molecule has 0 aliphatic carbocycles. The van der Waals surface area contributed by atoms with Gasteiger partial charge in [-0.3, -0.25) is 4.79 Å².